The Bertz CT molecular complexity index is 521. The van der Waals surface area contributed by atoms with Crippen LogP contribution in [0.2, 0.25) is 0 Å². The van der Waals surface area contributed by atoms with E-state index in [2.05, 4.69) is 0 Å². The van der Waals surface area contributed by atoms with Crippen LogP contribution >= 0.6 is 0 Å². The molecule has 1 aromatic rings. The molecule has 0 unspecified atom stereocenters. The van der Waals surface area contributed by atoms with Gasteiger partial charge in [-0.3, -0.25) is 14.4 Å². The summed E-state index contributed by atoms with van der Waals surface area (Å²) in [5, 5.41) is 8.85. The first kappa shape index (κ1) is 15.9. The van der Waals surface area contributed by atoms with Crippen LogP contribution in [0.4, 0.5) is 0 Å². The largest absolute Gasteiger partial charge is 0.480 e. The molecule has 1 heterocycles. The second-order valence-electron chi connectivity index (χ2n) is 4.39. The minimum absolute atomic E-state index is 0.152. The van der Waals surface area contributed by atoms with Gasteiger partial charge in [0, 0.05) is 32.5 Å². The number of carboxylic acids is 1. The Morgan fingerprint density at radius 1 is 1.40 bits per heavy atom. The second kappa shape index (κ2) is 6.85. The Kier molecular flexibility index (Phi) is 5.45. The van der Waals surface area contributed by atoms with Gasteiger partial charge in [-0.2, -0.15) is 0 Å². The van der Waals surface area contributed by atoms with Crippen LogP contribution < -0.4 is 0 Å². The number of methoxy groups -OCH3 is 1. The van der Waals surface area contributed by atoms with E-state index >= 15 is 0 Å². The third kappa shape index (κ3) is 3.92. The molecule has 0 radical (unpaired) electrons. The van der Waals surface area contributed by atoms with E-state index in [4.69, 9.17) is 9.84 Å². The maximum absolute atomic E-state index is 12.3. The first-order chi connectivity index (χ1) is 9.36. The number of hydrogen-bond donors (Lipinski definition) is 1. The smallest absolute Gasteiger partial charge is 0.323 e. The molecule has 0 saturated heterocycles. The quantitative estimate of drug-likeness (QED) is 0.731. The Morgan fingerprint density at radius 2 is 2.05 bits per heavy atom. The summed E-state index contributed by atoms with van der Waals surface area (Å²) in [6, 6.07) is 1.46. The summed E-state index contributed by atoms with van der Waals surface area (Å²) in [5.74, 6) is -1.70. The normalized spacial score (nSPS) is 10.3. The molecule has 20 heavy (non-hydrogen) atoms. The van der Waals surface area contributed by atoms with Crippen molar-refractivity contribution < 1.29 is 24.2 Å². The molecule has 0 aliphatic rings. The van der Waals surface area contributed by atoms with E-state index in [1.165, 1.54) is 29.6 Å². The van der Waals surface area contributed by atoms with Crippen LogP contribution in [0.5, 0.6) is 0 Å². The topological polar surface area (TPSA) is 88.8 Å². The molecule has 110 valence electrons. The summed E-state index contributed by atoms with van der Waals surface area (Å²) in [5.41, 5.74) is 0.686. The third-order valence-corrected chi connectivity index (χ3v) is 2.81. The number of carbonyl (C=O) groups excluding carboxylic acids is 2. The van der Waals surface area contributed by atoms with Crippen LogP contribution in [-0.4, -0.2) is 59.0 Å². The number of amides is 1. The SMILES string of the molecule is COCCN(CC(=O)O)C(=O)c1cc(C(C)=O)cn1C. The van der Waals surface area contributed by atoms with Crippen LogP contribution in [0.25, 0.3) is 0 Å². The van der Waals surface area contributed by atoms with Gasteiger partial charge in [-0.25, -0.2) is 0 Å². The van der Waals surface area contributed by atoms with Crippen molar-refractivity contribution in [3.8, 4) is 0 Å². The van der Waals surface area contributed by atoms with Gasteiger partial charge in [-0.1, -0.05) is 0 Å². The summed E-state index contributed by atoms with van der Waals surface area (Å²) >= 11 is 0. The number of aryl methyl sites for hydroxylation is 1. The number of carboxylic acid groups (broad SMARTS) is 1. The second-order valence-corrected chi connectivity index (χ2v) is 4.39. The predicted molar refractivity (Wildman–Crippen MR) is 70.8 cm³/mol. The molecule has 1 amide bonds. The van der Waals surface area contributed by atoms with E-state index in [9.17, 15) is 14.4 Å². The van der Waals surface area contributed by atoms with Gasteiger partial charge in [0.25, 0.3) is 5.91 Å². The summed E-state index contributed by atoms with van der Waals surface area (Å²) in [6.45, 7) is 1.40. The Balaban J connectivity index is 2.98. The van der Waals surface area contributed by atoms with Crippen molar-refractivity contribution in [2.24, 2.45) is 7.05 Å². The van der Waals surface area contributed by atoms with E-state index < -0.39 is 18.4 Å². The summed E-state index contributed by atoms with van der Waals surface area (Å²) in [4.78, 5) is 35.6. The molecule has 0 saturated carbocycles. The summed E-state index contributed by atoms with van der Waals surface area (Å²) in [7, 11) is 3.11. The fourth-order valence-corrected chi connectivity index (χ4v) is 1.75. The number of nitrogens with zero attached hydrogens (tertiary/aromatic N) is 2. The molecule has 7 heteroatoms. The zero-order valence-electron chi connectivity index (χ0n) is 11.8. The fraction of sp³-hybridized carbons (Fsp3) is 0.462. The predicted octanol–water partition coefficient (Wildman–Crippen LogP) is 0.401. The number of aliphatic carboxylic acids is 1. The molecular formula is C13H18N2O5. The Morgan fingerprint density at radius 3 is 2.50 bits per heavy atom. The molecule has 0 spiro atoms. The monoisotopic (exact) mass is 282 g/mol. The van der Waals surface area contributed by atoms with Gasteiger partial charge in [0.05, 0.1) is 6.61 Å². The highest BCUT2D eigenvalue weighted by Crippen LogP contribution is 2.11. The van der Waals surface area contributed by atoms with Crippen LogP contribution in [0, 0.1) is 0 Å². The van der Waals surface area contributed by atoms with Crippen LogP contribution in [0.1, 0.15) is 27.8 Å². The maximum Gasteiger partial charge on any atom is 0.323 e. The molecule has 7 nitrogen and oxygen atoms in total. The highest BCUT2D eigenvalue weighted by Gasteiger charge is 2.22. The van der Waals surface area contributed by atoms with Crippen molar-refractivity contribution >= 4 is 17.7 Å². The number of hydrogen-bond acceptors (Lipinski definition) is 4. The van der Waals surface area contributed by atoms with Gasteiger partial charge in [-0.05, 0) is 13.0 Å². The van der Waals surface area contributed by atoms with Gasteiger partial charge in [-0.15, -0.1) is 0 Å². The molecule has 0 fully saturated rings. The average Bonchev–Trinajstić information content (AvgIpc) is 2.75. The van der Waals surface area contributed by atoms with Crippen molar-refractivity contribution in [1.82, 2.24) is 9.47 Å². The van der Waals surface area contributed by atoms with Gasteiger partial charge in [0.15, 0.2) is 5.78 Å². The zero-order chi connectivity index (χ0) is 15.3. The molecule has 0 aromatic carbocycles. The lowest BCUT2D eigenvalue weighted by Crippen LogP contribution is -2.38. The number of aromatic nitrogens is 1. The van der Waals surface area contributed by atoms with Gasteiger partial charge in [0.2, 0.25) is 0 Å². The van der Waals surface area contributed by atoms with E-state index in [1.807, 2.05) is 0 Å². The highest BCUT2D eigenvalue weighted by molar-refractivity contribution is 6.00. The van der Waals surface area contributed by atoms with Gasteiger partial charge >= 0.3 is 5.97 Å². The maximum atomic E-state index is 12.3. The molecular weight excluding hydrogens is 264 g/mol. The van der Waals surface area contributed by atoms with Gasteiger partial charge in [0.1, 0.15) is 12.2 Å². The first-order valence-corrected chi connectivity index (χ1v) is 6.04. The van der Waals surface area contributed by atoms with Crippen molar-refractivity contribution in [2.75, 3.05) is 26.8 Å². The molecule has 1 aromatic heterocycles. The first-order valence-electron chi connectivity index (χ1n) is 6.04. The van der Waals surface area contributed by atoms with E-state index in [-0.39, 0.29) is 24.6 Å². The van der Waals surface area contributed by atoms with Crippen molar-refractivity contribution in [1.29, 1.82) is 0 Å². The molecule has 0 aliphatic heterocycles. The van der Waals surface area contributed by atoms with Crippen LogP contribution in [0.15, 0.2) is 12.3 Å². The van der Waals surface area contributed by atoms with E-state index in [0.717, 1.165) is 0 Å². The summed E-state index contributed by atoms with van der Waals surface area (Å²) < 4.78 is 6.38. The number of ether oxygens (including phenoxy) is 1. The summed E-state index contributed by atoms with van der Waals surface area (Å²) in [6.07, 6.45) is 1.55. The lowest BCUT2D eigenvalue weighted by molar-refractivity contribution is -0.137. The minimum Gasteiger partial charge on any atom is -0.480 e. The van der Waals surface area contributed by atoms with Crippen LogP contribution in [0.3, 0.4) is 0 Å². The highest BCUT2D eigenvalue weighted by atomic mass is 16.5. The molecule has 0 bridgehead atoms. The zero-order valence-corrected chi connectivity index (χ0v) is 11.8. The van der Waals surface area contributed by atoms with Gasteiger partial charge < -0.3 is 19.3 Å². The lowest BCUT2D eigenvalue weighted by atomic mass is 10.2. The third-order valence-electron chi connectivity index (χ3n) is 2.81. The van der Waals surface area contributed by atoms with Crippen molar-refractivity contribution in [3.63, 3.8) is 0 Å². The lowest BCUT2D eigenvalue weighted by Gasteiger charge is -2.20. The van der Waals surface area contributed by atoms with Crippen molar-refractivity contribution in [2.45, 2.75) is 6.92 Å². The van der Waals surface area contributed by atoms with E-state index in [0.29, 0.717) is 5.56 Å². The van der Waals surface area contributed by atoms with Crippen LogP contribution in [-0.2, 0) is 16.6 Å². The molecule has 0 atom stereocenters. The average molecular weight is 282 g/mol. The Hall–Kier alpha value is -2.15. The number of ketones is 1. The number of rotatable bonds is 7. The number of carbonyl (C=O) groups is 3. The fourth-order valence-electron chi connectivity index (χ4n) is 1.75. The molecule has 1 rings (SSSR count). The Labute approximate surface area is 116 Å². The van der Waals surface area contributed by atoms with E-state index in [1.54, 1.807) is 13.2 Å². The molecule has 0 aliphatic carbocycles. The minimum atomic E-state index is -1.10. The standard InChI is InChI=1S/C13H18N2O5/c1-9(16)10-6-11(14(2)7-10)13(19)15(4-5-20-3)8-12(17)18/h6-7H,4-5,8H2,1-3H3,(H,17,18). The number of Topliss-reactive ketones (excluding diaryl/α,β-unsaturated/α-hetero) is 1. The van der Waals surface area contributed by atoms with Crippen molar-refractivity contribution in [3.05, 3.63) is 23.5 Å². The molecule has 1 N–H and O–H groups in total.